The third-order valence-electron chi connectivity index (χ3n) is 3.55. The topological polar surface area (TPSA) is 78.5 Å². The number of hydrogen-bond donors (Lipinski definition) is 2. The molecule has 0 radical (unpaired) electrons. The second-order valence-electron chi connectivity index (χ2n) is 5.09. The summed E-state index contributed by atoms with van der Waals surface area (Å²) in [6.45, 7) is 2.66. The normalized spacial score (nSPS) is 22.5. The van der Waals surface area contributed by atoms with Crippen molar-refractivity contribution in [3.05, 3.63) is 29.3 Å². The van der Waals surface area contributed by atoms with Crippen molar-refractivity contribution < 1.29 is 14.6 Å². The summed E-state index contributed by atoms with van der Waals surface area (Å²) in [5.41, 5.74) is 1.23. The monoisotopic (exact) mass is 307 g/mol. The molecule has 0 aliphatic carbocycles. The van der Waals surface area contributed by atoms with Crippen molar-refractivity contribution >= 4 is 17.2 Å². The zero-order chi connectivity index (χ0) is 14.8. The van der Waals surface area contributed by atoms with Gasteiger partial charge in [-0.1, -0.05) is 6.07 Å². The predicted molar refractivity (Wildman–Crippen MR) is 79.2 cm³/mol. The van der Waals surface area contributed by atoms with Crippen molar-refractivity contribution in [2.75, 3.05) is 19.8 Å². The van der Waals surface area contributed by atoms with E-state index in [1.54, 1.807) is 22.3 Å². The van der Waals surface area contributed by atoms with Gasteiger partial charge in [-0.2, -0.15) is 5.10 Å². The van der Waals surface area contributed by atoms with Gasteiger partial charge in [-0.05, 0) is 24.4 Å². The van der Waals surface area contributed by atoms with E-state index in [2.05, 4.69) is 10.2 Å². The first kappa shape index (κ1) is 14.2. The van der Waals surface area contributed by atoms with Crippen LogP contribution in [-0.4, -0.2) is 58.0 Å². The molecule has 2 aromatic heterocycles. The highest BCUT2D eigenvalue weighted by Gasteiger charge is 2.31. The van der Waals surface area contributed by atoms with Crippen LogP contribution in [0.25, 0.3) is 10.6 Å². The molecule has 21 heavy (non-hydrogen) atoms. The average molecular weight is 307 g/mol. The van der Waals surface area contributed by atoms with Crippen LogP contribution in [0.3, 0.4) is 0 Å². The zero-order valence-electron chi connectivity index (χ0n) is 11.7. The number of nitrogens with zero attached hydrogens (tertiary/aromatic N) is 2. The van der Waals surface area contributed by atoms with E-state index in [0.717, 1.165) is 10.6 Å². The van der Waals surface area contributed by atoms with Crippen LogP contribution < -0.4 is 0 Å². The molecule has 3 heterocycles. The lowest BCUT2D eigenvalue weighted by Gasteiger charge is -2.37. The van der Waals surface area contributed by atoms with E-state index in [0.29, 0.717) is 18.8 Å². The smallest absolute Gasteiger partial charge is 0.274 e. The SMILES string of the molecule is CC1COC(CO)CN1C(=O)c1cc(-c2cccs2)[nH]n1. The van der Waals surface area contributed by atoms with Gasteiger partial charge < -0.3 is 14.7 Å². The molecule has 2 unspecified atom stereocenters. The number of aliphatic hydroxyl groups excluding tert-OH is 1. The van der Waals surface area contributed by atoms with Gasteiger partial charge in [0, 0.05) is 6.54 Å². The van der Waals surface area contributed by atoms with Gasteiger partial charge in [-0.25, -0.2) is 0 Å². The van der Waals surface area contributed by atoms with Crippen LogP contribution in [0.4, 0.5) is 0 Å². The molecule has 112 valence electrons. The minimum Gasteiger partial charge on any atom is -0.394 e. The standard InChI is InChI=1S/C14H17N3O3S/c1-9-8-20-10(7-18)6-17(9)14(19)12-5-11(15-16-12)13-3-2-4-21-13/h2-5,9-10,18H,6-8H2,1H3,(H,15,16). The number of thiophene rings is 1. The second kappa shape index (κ2) is 5.97. The number of hydrogen-bond acceptors (Lipinski definition) is 5. The van der Waals surface area contributed by atoms with Crippen LogP contribution >= 0.6 is 11.3 Å². The van der Waals surface area contributed by atoms with Gasteiger partial charge in [0.05, 0.1) is 35.9 Å². The van der Waals surface area contributed by atoms with Crippen LogP contribution in [0, 0.1) is 0 Å². The Bertz CT molecular complexity index is 611. The number of carbonyl (C=O) groups excluding carboxylic acids is 1. The Hall–Kier alpha value is -1.70. The Labute approximate surface area is 126 Å². The Morgan fingerprint density at radius 3 is 3.24 bits per heavy atom. The lowest BCUT2D eigenvalue weighted by atomic mass is 10.2. The number of carbonyl (C=O) groups is 1. The largest absolute Gasteiger partial charge is 0.394 e. The Kier molecular flexibility index (Phi) is 4.05. The summed E-state index contributed by atoms with van der Waals surface area (Å²) < 4.78 is 5.45. The molecule has 1 fully saturated rings. The van der Waals surface area contributed by atoms with Gasteiger partial charge in [0.15, 0.2) is 5.69 Å². The highest BCUT2D eigenvalue weighted by molar-refractivity contribution is 7.13. The summed E-state index contributed by atoms with van der Waals surface area (Å²) in [6.07, 6.45) is -0.319. The summed E-state index contributed by atoms with van der Waals surface area (Å²) in [5, 5.41) is 18.2. The molecular formula is C14H17N3O3S. The fourth-order valence-electron chi connectivity index (χ4n) is 2.35. The molecule has 0 bridgehead atoms. The fraction of sp³-hybridized carbons (Fsp3) is 0.429. The van der Waals surface area contributed by atoms with E-state index in [9.17, 15) is 9.90 Å². The summed E-state index contributed by atoms with van der Waals surface area (Å²) in [4.78, 5) is 15.3. The first-order valence-corrected chi connectivity index (χ1v) is 7.69. The quantitative estimate of drug-likeness (QED) is 0.897. The summed E-state index contributed by atoms with van der Waals surface area (Å²) in [5.74, 6) is -0.136. The van der Waals surface area contributed by atoms with Gasteiger partial charge in [-0.3, -0.25) is 9.89 Å². The van der Waals surface area contributed by atoms with E-state index in [1.807, 2.05) is 24.4 Å². The first-order chi connectivity index (χ1) is 10.2. The minimum absolute atomic E-state index is 0.0258. The number of aromatic nitrogens is 2. The number of morpholine rings is 1. The van der Waals surface area contributed by atoms with E-state index in [4.69, 9.17) is 4.74 Å². The molecule has 0 aromatic carbocycles. The molecule has 0 spiro atoms. The third kappa shape index (κ3) is 2.85. The van der Waals surface area contributed by atoms with Gasteiger partial charge in [0.25, 0.3) is 5.91 Å². The molecule has 1 aliphatic heterocycles. The molecule has 2 atom stereocenters. The summed E-state index contributed by atoms with van der Waals surface area (Å²) >= 11 is 1.59. The predicted octanol–water partition coefficient (Wildman–Crippen LogP) is 1.36. The van der Waals surface area contributed by atoms with Crippen molar-refractivity contribution in [2.45, 2.75) is 19.1 Å². The number of aliphatic hydroxyl groups is 1. The summed E-state index contributed by atoms with van der Waals surface area (Å²) in [6, 6.07) is 5.68. The number of ether oxygens (including phenoxy) is 1. The van der Waals surface area contributed by atoms with Crippen LogP contribution in [0.1, 0.15) is 17.4 Å². The lowest BCUT2D eigenvalue weighted by molar-refractivity contribution is -0.0668. The van der Waals surface area contributed by atoms with Crippen molar-refractivity contribution in [1.82, 2.24) is 15.1 Å². The minimum atomic E-state index is -0.319. The number of rotatable bonds is 3. The highest BCUT2D eigenvalue weighted by Crippen LogP contribution is 2.24. The molecule has 1 saturated heterocycles. The van der Waals surface area contributed by atoms with Crippen LogP contribution in [0.2, 0.25) is 0 Å². The van der Waals surface area contributed by atoms with Crippen molar-refractivity contribution in [3.63, 3.8) is 0 Å². The molecular weight excluding hydrogens is 290 g/mol. The average Bonchev–Trinajstić information content (AvgIpc) is 3.18. The van der Waals surface area contributed by atoms with Crippen LogP contribution in [0.15, 0.2) is 23.6 Å². The maximum Gasteiger partial charge on any atom is 0.274 e. The molecule has 1 aliphatic rings. The number of H-pyrrole nitrogens is 1. The Morgan fingerprint density at radius 1 is 1.67 bits per heavy atom. The van der Waals surface area contributed by atoms with Crippen molar-refractivity contribution in [3.8, 4) is 10.6 Å². The van der Waals surface area contributed by atoms with Gasteiger partial charge in [-0.15, -0.1) is 11.3 Å². The summed E-state index contributed by atoms with van der Waals surface area (Å²) in [7, 11) is 0. The van der Waals surface area contributed by atoms with E-state index < -0.39 is 0 Å². The highest BCUT2D eigenvalue weighted by atomic mass is 32.1. The van der Waals surface area contributed by atoms with E-state index >= 15 is 0 Å². The molecule has 6 nitrogen and oxygen atoms in total. The first-order valence-electron chi connectivity index (χ1n) is 6.81. The number of nitrogens with one attached hydrogen (secondary N) is 1. The maximum atomic E-state index is 12.6. The number of amides is 1. The van der Waals surface area contributed by atoms with E-state index in [1.165, 1.54) is 0 Å². The molecule has 2 aromatic rings. The van der Waals surface area contributed by atoms with Crippen LogP contribution in [-0.2, 0) is 4.74 Å². The third-order valence-corrected chi connectivity index (χ3v) is 4.46. The molecule has 2 N–H and O–H groups in total. The molecule has 7 heteroatoms. The fourth-order valence-corrected chi connectivity index (χ4v) is 3.04. The van der Waals surface area contributed by atoms with Crippen molar-refractivity contribution in [1.29, 1.82) is 0 Å². The van der Waals surface area contributed by atoms with E-state index in [-0.39, 0.29) is 24.7 Å². The van der Waals surface area contributed by atoms with Gasteiger partial charge in [0.1, 0.15) is 0 Å². The Morgan fingerprint density at radius 2 is 2.52 bits per heavy atom. The lowest BCUT2D eigenvalue weighted by Crippen LogP contribution is -2.52. The molecule has 1 amide bonds. The number of aromatic amines is 1. The zero-order valence-corrected chi connectivity index (χ0v) is 12.5. The van der Waals surface area contributed by atoms with Gasteiger partial charge >= 0.3 is 0 Å². The molecule has 0 saturated carbocycles. The maximum absolute atomic E-state index is 12.6. The molecule has 3 rings (SSSR count). The van der Waals surface area contributed by atoms with Crippen molar-refractivity contribution in [2.24, 2.45) is 0 Å². The second-order valence-corrected chi connectivity index (χ2v) is 6.04. The van der Waals surface area contributed by atoms with Gasteiger partial charge in [0.2, 0.25) is 0 Å². The van der Waals surface area contributed by atoms with Crippen LogP contribution in [0.5, 0.6) is 0 Å². The Balaban J connectivity index is 1.78.